The maximum Gasteiger partial charge on any atom is 0.417 e. The number of ketones is 1. The van der Waals surface area contributed by atoms with Gasteiger partial charge in [-0.2, -0.15) is 0 Å². The molecule has 2 amide bonds. The molecule has 4 aromatic carbocycles. The number of benzene rings is 4. The first-order valence-corrected chi connectivity index (χ1v) is 18.1. The topological polar surface area (TPSA) is 116 Å². The molecule has 1 saturated heterocycles. The molecule has 0 unspecified atom stereocenters. The number of furan rings is 1. The Kier molecular flexibility index (Phi) is 13.0. The van der Waals surface area contributed by atoms with Gasteiger partial charge in [0.25, 0.3) is 0 Å². The van der Waals surface area contributed by atoms with Gasteiger partial charge < -0.3 is 23.7 Å². The van der Waals surface area contributed by atoms with E-state index in [9.17, 15) is 19.5 Å². The summed E-state index contributed by atoms with van der Waals surface area (Å²) in [4.78, 5) is 43.0. The number of imide groups is 1. The van der Waals surface area contributed by atoms with Gasteiger partial charge in [0, 0.05) is 18.6 Å². The molecule has 1 aromatic heterocycles. The van der Waals surface area contributed by atoms with Crippen LogP contribution >= 0.6 is 0 Å². The van der Waals surface area contributed by atoms with Gasteiger partial charge in [-0.25, -0.2) is 9.69 Å². The Morgan fingerprint density at radius 3 is 2.23 bits per heavy atom. The molecule has 0 aliphatic carbocycles. The van der Waals surface area contributed by atoms with Gasteiger partial charge in [0.05, 0.1) is 25.9 Å². The molecule has 1 aliphatic heterocycles. The van der Waals surface area contributed by atoms with Crippen molar-refractivity contribution in [3.63, 3.8) is 0 Å². The number of hydrogen-bond donors (Lipinski definition) is 1. The van der Waals surface area contributed by atoms with Crippen LogP contribution in [0, 0.1) is 12.8 Å². The van der Waals surface area contributed by atoms with Gasteiger partial charge in [-0.1, -0.05) is 121 Å². The summed E-state index contributed by atoms with van der Waals surface area (Å²) in [6, 6.07) is 37.7. The fraction of sp³-hybridized carbons (Fsp3) is 0.295. The molecule has 0 radical (unpaired) electrons. The number of Topliss-reactive ketones (excluding diaryl/α,β-unsaturated/α-hetero) is 1. The first-order chi connectivity index (χ1) is 25.9. The van der Waals surface area contributed by atoms with Gasteiger partial charge in [0.1, 0.15) is 24.4 Å². The van der Waals surface area contributed by atoms with Crippen LogP contribution in [0.3, 0.4) is 0 Å². The van der Waals surface area contributed by atoms with Gasteiger partial charge >= 0.3 is 6.09 Å². The van der Waals surface area contributed by atoms with Crippen molar-refractivity contribution in [1.82, 2.24) is 4.90 Å². The molecule has 2 heterocycles. The third kappa shape index (κ3) is 9.96. The number of aryl methyl sites for hydroxylation is 2. The van der Waals surface area contributed by atoms with Crippen LogP contribution in [0.25, 0.3) is 11.1 Å². The SMILES string of the molecule is Cc1cccc(-c2cc(C(=O)[C@H](Cc3ccccc3)C(=O)N3C(=O)OC[C@@H]3Cc3ccccc3)oc2CCCOC[C@@H](CO)OCc2ccccc2)c1. The van der Waals surface area contributed by atoms with Crippen molar-refractivity contribution in [1.29, 1.82) is 0 Å². The highest BCUT2D eigenvalue weighted by Crippen LogP contribution is 2.32. The highest BCUT2D eigenvalue weighted by Gasteiger charge is 2.44. The minimum atomic E-state index is -1.22. The molecule has 9 heteroatoms. The van der Waals surface area contributed by atoms with Crippen molar-refractivity contribution in [2.75, 3.05) is 26.4 Å². The van der Waals surface area contributed by atoms with E-state index in [1.807, 2.05) is 122 Å². The lowest BCUT2D eigenvalue weighted by atomic mass is 9.91. The summed E-state index contributed by atoms with van der Waals surface area (Å²) in [6.07, 6.45) is 0.307. The van der Waals surface area contributed by atoms with E-state index in [0.29, 0.717) is 38.2 Å². The minimum absolute atomic E-state index is 0.0496. The van der Waals surface area contributed by atoms with E-state index in [2.05, 4.69) is 0 Å². The Morgan fingerprint density at radius 1 is 0.868 bits per heavy atom. The second-order valence-electron chi connectivity index (χ2n) is 13.3. The largest absolute Gasteiger partial charge is 0.457 e. The number of carbonyl (C=O) groups is 3. The lowest BCUT2D eigenvalue weighted by molar-refractivity contribution is -0.131. The van der Waals surface area contributed by atoms with Crippen molar-refractivity contribution in [2.24, 2.45) is 5.92 Å². The van der Waals surface area contributed by atoms with E-state index in [-0.39, 0.29) is 32.0 Å². The molecule has 0 bridgehead atoms. The fourth-order valence-corrected chi connectivity index (χ4v) is 6.53. The number of amides is 2. The first kappa shape index (κ1) is 37.4. The molecule has 53 heavy (non-hydrogen) atoms. The Morgan fingerprint density at radius 2 is 1.55 bits per heavy atom. The van der Waals surface area contributed by atoms with E-state index in [1.165, 1.54) is 0 Å². The van der Waals surface area contributed by atoms with Crippen LogP contribution in [0.15, 0.2) is 126 Å². The Bertz CT molecular complexity index is 1940. The second kappa shape index (κ2) is 18.4. The molecule has 1 N–H and O–H groups in total. The number of ether oxygens (including phenoxy) is 3. The lowest BCUT2D eigenvalue weighted by Crippen LogP contribution is -2.46. The van der Waals surface area contributed by atoms with E-state index in [0.717, 1.165) is 38.3 Å². The van der Waals surface area contributed by atoms with Crippen molar-refractivity contribution >= 4 is 17.8 Å². The molecule has 3 atom stereocenters. The van der Waals surface area contributed by atoms with E-state index in [4.69, 9.17) is 18.6 Å². The molecule has 9 nitrogen and oxygen atoms in total. The first-order valence-electron chi connectivity index (χ1n) is 18.1. The number of aliphatic hydroxyl groups excluding tert-OH is 1. The maximum absolute atomic E-state index is 14.5. The van der Waals surface area contributed by atoms with Gasteiger partial charge in [-0.05, 0) is 54.5 Å². The number of rotatable bonds is 18. The van der Waals surface area contributed by atoms with Crippen LogP contribution in [0.1, 0.15) is 45.0 Å². The zero-order valence-electron chi connectivity index (χ0n) is 29.9. The zero-order valence-corrected chi connectivity index (χ0v) is 29.9. The van der Waals surface area contributed by atoms with Gasteiger partial charge in [0.2, 0.25) is 11.7 Å². The minimum Gasteiger partial charge on any atom is -0.457 e. The van der Waals surface area contributed by atoms with Crippen molar-refractivity contribution < 1.29 is 38.1 Å². The highest BCUT2D eigenvalue weighted by atomic mass is 16.6. The monoisotopic (exact) mass is 715 g/mol. The number of cyclic esters (lactones) is 1. The van der Waals surface area contributed by atoms with Crippen molar-refractivity contribution in [3.8, 4) is 11.1 Å². The van der Waals surface area contributed by atoms with Crippen molar-refractivity contribution in [2.45, 2.75) is 51.4 Å². The Hall–Kier alpha value is -5.35. The van der Waals surface area contributed by atoms with Gasteiger partial charge in [0.15, 0.2) is 5.76 Å². The molecule has 6 rings (SSSR count). The van der Waals surface area contributed by atoms with Crippen LogP contribution in [0.4, 0.5) is 4.79 Å². The Labute approximate surface area is 310 Å². The maximum atomic E-state index is 14.5. The molecule has 0 spiro atoms. The van der Waals surface area contributed by atoms with E-state index in [1.54, 1.807) is 6.07 Å². The summed E-state index contributed by atoms with van der Waals surface area (Å²) in [6.45, 7) is 2.85. The van der Waals surface area contributed by atoms with Gasteiger partial charge in [-0.15, -0.1) is 0 Å². The molecule has 5 aromatic rings. The molecular weight excluding hydrogens is 670 g/mol. The quantitative estimate of drug-likeness (QED) is 0.0567. The normalized spacial score (nSPS) is 15.2. The van der Waals surface area contributed by atoms with Gasteiger partial charge in [-0.3, -0.25) is 9.59 Å². The third-order valence-electron chi connectivity index (χ3n) is 9.32. The fourth-order valence-electron chi connectivity index (χ4n) is 6.53. The lowest BCUT2D eigenvalue weighted by Gasteiger charge is -2.24. The predicted octanol–water partition coefficient (Wildman–Crippen LogP) is 7.41. The number of aliphatic hydroxyl groups is 1. The predicted molar refractivity (Wildman–Crippen MR) is 200 cm³/mol. The summed E-state index contributed by atoms with van der Waals surface area (Å²) in [5, 5.41) is 9.82. The van der Waals surface area contributed by atoms with Crippen LogP contribution < -0.4 is 0 Å². The average molecular weight is 716 g/mol. The van der Waals surface area contributed by atoms with Crippen LogP contribution in [0.5, 0.6) is 0 Å². The molecule has 0 saturated carbocycles. The summed E-state index contributed by atoms with van der Waals surface area (Å²) in [7, 11) is 0. The third-order valence-corrected chi connectivity index (χ3v) is 9.32. The molecule has 1 fully saturated rings. The highest BCUT2D eigenvalue weighted by molar-refractivity contribution is 6.12. The number of carbonyl (C=O) groups excluding carboxylic acids is 3. The number of nitrogens with zero attached hydrogens (tertiary/aromatic N) is 1. The number of hydrogen-bond acceptors (Lipinski definition) is 8. The van der Waals surface area contributed by atoms with Crippen LogP contribution in [-0.2, 0) is 44.9 Å². The standard InChI is InChI=1S/C44H45NO8/c1-31-13-11-20-35(23-31)38-26-41(53-40(38)21-12-22-50-30-37(27-46)51-28-34-18-9-4-10-19-34)42(47)39(25-33-16-7-3-8-17-33)43(48)45-36(29-52-44(45)49)24-32-14-5-2-6-15-32/h2-11,13-20,23,26,36-37,39,46H,12,21-22,24-25,27-30H2,1H3/t36-,37+,39-/m0/s1. The summed E-state index contributed by atoms with van der Waals surface area (Å²) >= 11 is 0. The molecule has 1 aliphatic rings. The summed E-state index contributed by atoms with van der Waals surface area (Å²) in [5.74, 6) is -1.70. The molecular formula is C44H45NO8. The van der Waals surface area contributed by atoms with E-state index < -0.39 is 35.8 Å². The summed E-state index contributed by atoms with van der Waals surface area (Å²) < 4.78 is 23.4. The summed E-state index contributed by atoms with van der Waals surface area (Å²) in [5.41, 5.74) is 5.43. The zero-order chi connectivity index (χ0) is 37.0. The average Bonchev–Trinajstić information content (AvgIpc) is 3.78. The van der Waals surface area contributed by atoms with Crippen LogP contribution in [-0.4, -0.2) is 66.4 Å². The van der Waals surface area contributed by atoms with Crippen LogP contribution in [0.2, 0.25) is 0 Å². The van der Waals surface area contributed by atoms with E-state index >= 15 is 0 Å². The second-order valence-corrected chi connectivity index (χ2v) is 13.3. The molecule has 274 valence electrons. The Balaban J connectivity index is 1.20. The van der Waals surface area contributed by atoms with Crippen molar-refractivity contribution in [3.05, 3.63) is 155 Å². The smallest absolute Gasteiger partial charge is 0.417 e.